The molecule has 0 radical (unpaired) electrons. The highest BCUT2D eigenvalue weighted by atomic mass is 16.5. The Morgan fingerprint density at radius 3 is 2.61 bits per heavy atom. The molecule has 2 aliphatic heterocycles. The number of rotatable bonds is 4. The monoisotopic (exact) mass is 322 g/mol. The third kappa shape index (κ3) is 2.77. The van der Waals surface area contributed by atoms with E-state index < -0.39 is 17.6 Å². The Kier molecular flexibility index (Phi) is 4.71. The van der Waals surface area contributed by atoms with E-state index in [4.69, 9.17) is 10.5 Å². The number of nitrogens with two attached hydrogens (primary N) is 1. The van der Waals surface area contributed by atoms with Gasteiger partial charge in [0.2, 0.25) is 11.4 Å². The predicted octanol–water partition coefficient (Wildman–Crippen LogP) is 1.16. The Morgan fingerprint density at radius 2 is 1.91 bits per heavy atom. The topological polar surface area (TPSA) is 89.7 Å². The number of hydrogen-bond acceptors (Lipinski definition) is 4. The van der Waals surface area contributed by atoms with Gasteiger partial charge in [-0.15, -0.1) is 0 Å². The van der Waals surface area contributed by atoms with Crippen molar-refractivity contribution in [2.24, 2.45) is 11.7 Å². The van der Waals surface area contributed by atoms with Gasteiger partial charge in [0.05, 0.1) is 6.10 Å². The highest BCUT2D eigenvalue weighted by Crippen LogP contribution is 2.37. The number of nitrogens with zero attached hydrogens (tertiary/aromatic N) is 1. The first-order valence-corrected chi connectivity index (χ1v) is 8.82. The van der Waals surface area contributed by atoms with E-state index in [2.05, 4.69) is 0 Å². The molecular formula is C17H26N2O4. The van der Waals surface area contributed by atoms with E-state index >= 15 is 0 Å². The van der Waals surface area contributed by atoms with Crippen LogP contribution in [0.3, 0.4) is 0 Å². The summed E-state index contributed by atoms with van der Waals surface area (Å²) < 4.78 is 5.46. The number of fused-ring (bicyclic) bond motifs is 1. The zero-order chi connectivity index (χ0) is 16.4. The van der Waals surface area contributed by atoms with Crippen LogP contribution in [0.15, 0.2) is 0 Å². The lowest BCUT2D eigenvalue weighted by Crippen LogP contribution is -2.69. The summed E-state index contributed by atoms with van der Waals surface area (Å²) in [4.78, 5) is 38.7. The van der Waals surface area contributed by atoms with Gasteiger partial charge in [0.1, 0.15) is 6.61 Å². The van der Waals surface area contributed by atoms with Crippen LogP contribution in [0.1, 0.15) is 57.8 Å². The maximum absolute atomic E-state index is 12.7. The van der Waals surface area contributed by atoms with E-state index in [0.717, 1.165) is 12.8 Å². The number of primary amides is 1. The van der Waals surface area contributed by atoms with Gasteiger partial charge < -0.3 is 15.4 Å². The molecule has 0 aromatic heterocycles. The van der Waals surface area contributed by atoms with Crippen molar-refractivity contribution in [3.05, 3.63) is 0 Å². The van der Waals surface area contributed by atoms with E-state index in [0.29, 0.717) is 25.3 Å². The molecule has 1 saturated carbocycles. The minimum absolute atomic E-state index is 0.125. The molecule has 0 bridgehead atoms. The van der Waals surface area contributed by atoms with Gasteiger partial charge in [-0.1, -0.05) is 32.1 Å². The van der Waals surface area contributed by atoms with Gasteiger partial charge in [0.25, 0.3) is 5.91 Å². The second-order valence-corrected chi connectivity index (χ2v) is 7.08. The van der Waals surface area contributed by atoms with Gasteiger partial charge in [-0.25, -0.2) is 0 Å². The standard InChI is InChI=1S/C17H26N2O4/c18-16(22)17-13(20)11-23-14(17)7-4-10-19(17)15(21)9-8-12-5-2-1-3-6-12/h12,14H,1-11H2,(H2,18,22)/t14-,17?/m0/s1. The van der Waals surface area contributed by atoms with Crippen molar-refractivity contribution in [3.63, 3.8) is 0 Å². The fraction of sp³-hybridized carbons (Fsp3) is 0.824. The van der Waals surface area contributed by atoms with Crippen LogP contribution in [0.5, 0.6) is 0 Å². The molecule has 0 spiro atoms. The Hall–Kier alpha value is -1.43. The third-order valence-electron chi connectivity index (χ3n) is 5.75. The van der Waals surface area contributed by atoms with Crippen molar-refractivity contribution in [1.82, 2.24) is 4.90 Å². The minimum Gasteiger partial charge on any atom is -0.367 e. The number of hydrogen-bond donors (Lipinski definition) is 1. The number of Topliss-reactive ketones (excluding diaryl/α,β-unsaturated/α-hetero) is 1. The molecule has 2 heterocycles. The van der Waals surface area contributed by atoms with E-state index in [1.165, 1.54) is 37.0 Å². The van der Waals surface area contributed by atoms with E-state index in [1.807, 2.05) is 0 Å². The molecule has 128 valence electrons. The molecule has 0 aromatic carbocycles. The van der Waals surface area contributed by atoms with E-state index in [-0.39, 0.29) is 18.3 Å². The van der Waals surface area contributed by atoms with Crippen molar-refractivity contribution in [2.45, 2.75) is 69.4 Å². The highest BCUT2D eigenvalue weighted by molar-refractivity contribution is 6.14. The molecule has 23 heavy (non-hydrogen) atoms. The van der Waals surface area contributed by atoms with E-state index in [1.54, 1.807) is 0 Å². The number of amides is 2. The Balaban J connectivity index is 1.72. The van der Waals surface area contributed by atoms with Crippen LogP contribution in [-0.4, -0.2) is 47.3 Å². The molecule has 2 saturated heterocycles. The fourth-order valence-electron chi connectivity index (χ4n) is 4.50. The van der Waals surface area contributed by atoms with Gasteiger partial charge in [-0.05, 0) is 25.2 Å². The van der Waals surface area contributed by atoms with Crippen LogP contribution in [0.2, 0.25) is 0 Å². The smallest absolute Gasteiger partial charge is 0.254 e. The second-order valence-electron chi connectivity index (χ2n) is 7.08. The van der Waals surface area contributed by atoms with Gasteiger partial charge >= 0.3 is 0 Å². The maximum atomic E-state index is 12.7. The molecular weight excluding hydrogens is 296 g/mol. The number of piperidine rings is 1. The van der Waals surface area contributed by atoms with Gasteiger partial charge in [-0.3, -0.25) is 14.4 Å². The first-order valence-electron chi connectivity index (χ1n) is 8.82. The second kappa shape index (κ2) is 6.59. The summed E-state index contributed by atoms with van der Waals surface area (Å²) in [5.41, 5.74) is 4.01. The van der Waals surface area contributed by atoms with Crippen LogP contribution in [0, 0.1) is 5.92 Å². The molecule has 2 N–H and O–H groups in total. The summed E-state index contributed by atoms with van der Waals surface area (Å²) in [5, 5.41) is 0. The first kappa shape index (κ1) is 16.4. The third-order valence-corrected chi connectivity index (χ3v) is 5.75. The van der Waals surface area contributed by atoms with Gasteiger partial charge in [-0.2, -0.15) is 0 Å². The molecule has 3 fully saturated rings. The molecule has 3 aliphatic rings. The Morgan fingerprint density at radius 1 is 1.17 bits per heavy atom. The number of carbonyl (C=O) groups is 3. The Bertz CT molecular complexity index is 501. The number of ketones is 1. The summed E-state index contributed by atoms with van der Waals surface area (Å²) in [6.45, 7) is 0.290. The van der Waals surface area contributed by atoms with Crippen LogP contribution in [-0.2, 0) is 19.1 Å². The summed E-state index contributed by atoms with van der Waals surface area (Å²) >= 11 is 0. The number of carbonyl (C=O) groups excluding carboxylic acids is 3. The lowest BCUT2D eigenvalue weighted by atomic mass is 9.80. The summed E-state index contributed by atoms with van der Waals surface area (Å²) in [6, 6.07) is 0. The van der Waals surface area contributed by atoms with Crippen molar-refractivity contribution in [1.29, 1.82) is 0 Å². The number of likely N-dealkylation sites (tertiary alicyclic amines) is 1. The van der Waals surface area contributed by atoms with Crippen LogP contribution >= 0.6 is 0 Å². The van der Waals surface area contributed by atoms with Gasteiger partial charge in [0.15, 0.2) is 5.78 Å². The largest absolute Gasteiger partial charge is 0.367 e. The van der Waals surface area contributed by atoms with Gasteiger partial charge in [0, 0.05) is 13.0 Å². The molecule has 1 unspecified atom stereocenters. The molecule has 1 aliphatic carbocycles. The minimum atomic E-state index is -1.55. The van der Waals surface area contributed by atoms with Crippen LogP contribution < -0.4 is 5.73 Å². The molecule has 0 aromatic rings. The van der Waals surface area contributed by atoms with Crippen molar-refractivity contribution >= 4 is 17.6 Å². The summed E-state index contributed by atoms with van der Waals surface area (Å²) in [7, 11) is 0. The predicted molar refractivity (Wildman–Crippen MR) is 83.4 cm³/mol. The molecule has 2 amide bonds. The first-order chi connectivity index (χ1) is 11.1. The lowest BCUT2D eigenvalue weighted by molar-refractivity contribution is -0.158. The molecule has 6 heteroatoms. The average Bonchev–Trinajstić information content (AvgIpc) is 2.92. The normalized spacial score (nSPS) is 31.9. The maximum Gasteiger partial charge on any atom is 0.254 e. The summed E-state index contributed by atoms with van der Waals surface area (Å²) in [6.07, 6.45) is 8.11. The lowest BCUT2D eigenvalue weighted by Gasteiger charge is -2.44. The Labute approximate surface area is 136 Å². The van der Waals surface area contributed by atoms with Crippen LogP contribution in [0.25, 0.3) is 0 Å². The molecule has 2 atom stereocenters. The van der Waals surface area contributed by atoms with E-state index in [9.17, 15) is 14.4 Å². The molecule has 6 nitrogen and oxygen atoms in total. The average molecular weight is 322 g/mol. The van der Waals surface area contributed by atoms with Crippen LogP contribution in [0.4, 0.5) is 0 Å². The zero-order valence-corrected chi connectivity index (χ0v) is 13.6. The van der Waals surface area contributed by atoms with Crippen molar-refractivity contribution in [3.8, 4) is 0 Å². The van der Waals surface area contributed by atoms with Crippen molar-refractivity contribution in [2.75, 3.05) is 13.2 Å². The fourth-order valence-corrected chi connectivity index (χ4v) is 4.50. The zero-order valence-electron chi connectivity index (χ0n) is 13.6. The highest BCUT2D eigenvalue weighted by Gasteiger charge is 2.62. The SMILES string of the molecule is NC(=O)C12C(=O)CO[C@H]1CCCN2C(=O)CCC1CCCCC1. The van der Waals surface area contributed by atoms with Crippen molar-refractivity contribution < 1.29 is 19.1 Å². The quantitative estimate of drug-likeness (QED) is 0.787. The summed E-state index contributed by atoms with van der Waals surface area (Å²) in [5.74, 6) is -0.636. The molecule has 3 rings (SSSR count). The number of ether oxygens (including phenoxy) is 1.